The number of aromatic nitrogens is 2. The first-order chi connectivity index (χ1) is 8.08. The molecule has 0 saturated heterocycles. The lowest BCUT2D eigenvalue weighted by molar-refractivity contribution is -0.384. The zero-order chi connectivity index (χ0) is 12.4. The van der Waals surface area contributed by atoms with Crippen molar-refractivity contribution in [1.29, 1.82) is 0 Å². The molecule has 0 aliphatic heterocycles. The highest BCUT2D eigenvalue weighted by Gasteiger charge is 2.21. The minimum atomic E-state index is -0.631. The molecular formula is C8H5ClN4O3S. The van der Waals surface area contributed by atoms with Crippen molar-refractivity contribution >= 4 is 40.2 Å². The number of hydrogen-bond donors (Lipinski definition) is 2. The van der Waals surface area contributed by atoms with Crippen molar-refractivity contribution < 1.29 is 9.72 Å². The number of amides is 1. The van der Waals surface area contributed by atoms with E-state index in [2.05, 4.69) is 15.5 Å². The van der Waals surface area contributed by atoms with Crippen molar-refractivity contribution in [2.75, 3.05) is 5.32 Å². The number of carbonyl (C=O) groups is 1. The number of hydrogen-bond acceptors (Lipinski definition) is 5. The zero-order valence-corrected chi connectivity index (χ0v) is 9.71. The van der Waals surface area contributed by atoms with Gasteiger partial charge in [0.2, 0.25) is 0 Å². The van der Waals surface area contributed by atoms with Gasteiger partial charge < -0.3 is 5.32 Å². The van der Waals surface area contributed by atoms with Crippen LogP contribution in [0.2, 0.25) is 4.34 Å². The van der Waals surface area contributed by atoms with E-state index in [1.807, 2.05) is 0 Å². The number of anilines is 1. The molecule has 17 heavy (non-hydrogen) atoms. The summed E-state index contributed by atoms with van der Waals surface area (Å²) in [5, 5.41) is 19.2. The summed E-state index contributed by atoms with van der Waals surface area (Å²) in [6.07, 6.45) is 2.91. The van der Waals surface area contributed by atoms with Crippen LogP contribution in [0, 0.1) is 10.1 Å². The first kappa shape index (κ1) is 11.6. The molecule has 0 aromatic carbocycles. The SMILES string of the molecule is O=C(Nc1cn[nH]c1)c1cc([N+](=O)[O-])c(Cl)s1. The molecule has 0 radical (unpaired) electrons. The highest BCUT2D eigenvalue weighted by molar-refractivity contribution is 7.18. The monoisotopic (exact) mass is 272 g/mol. The summed E-state index contributed by atoms with van der Waals surface area (Å²) in [6, 6.07) is 1.14. The van der Waals surface area contributed by atoms with Crippen molar-refractivity contribution in [3.8, 4) is 0 Å². The second-order valence-electron chi connectivity index (χ2n) is 2.97. The normalized spacial score (nSPS) is 10.2. The van der Waals surface area contributed by atoms with E-state index in [1.54, 1.807) is 0 Å². The summed E-state index contributed by atoms with van der Waals surface area (Å²) in [7, 11) is 0. The van der Waals surface area contributed by atoms with Crippen LogP contribution in [0.4, 0.5) is 11.4 Å². The van der Waals surface area contributed by atoms with Crippen LogP contribution in [-0.2, 0) is 0 Å². The standard InChI is InChI=1S/C8H5ClN4O3S/c9-7-5(13(15)16)1-6(17-7)8(14)12-4-2-10-11-3-4/h1-3H,(H,10,11)(H,12,14). The predicted octanol–water partition coefficient (Wildman–Crippen LogP) is 2.29. The van der Waals surface area contributed by atoms with E-state index in [1.165, 1.54) is 12.4 Å². The van der Waals surface area contributed by atoms with E-state index in [4.69, 9.17) is 11.6 Å². The van der Waals surface area contributed by atoms with Gasteiger partial charge in [-0.25, -0.2) is 0 Å². The number of carbonyl (C=O) groups excluding carboxylic acids is 1. The number of H-pyrrole nitrogens is 1. The fourth-order valence-corrected chi connectivity index (χ4v) is 2.23. The Morgan fingerprint density at radius 2 is 2.41 bits per heavy atom. The van der Waals surface area contributed by atoms with E-state index < -0.39 is 10.8 Å². The molecule has 0 fully saturated rings. The molecule has 2 N–H and O–H groups in total. The lowest BCUT2D eigenvalue weighted by Crippen LogP contribution is -2.09. The predicted molar refractivity (Wildman–Crippen MR) is 62.5 cm³/mol. The highest BCUT2D eigenvalue weighted by atomic mass is 35.5. The van der Waals surface area contributed by atoms with Crippen LogP contribution in [0.25, 0.3) is 0 Å². The van der Waals surface area contributed by atoms with Crippen molar-refractivity contribution in [1.82, 2.24) is 10.2 Å². The molecular weight excluding hydrogens is 268 g/mol. The topological polar surface area (TPSA) is 101 Å². The van der Waals surface area contributed by atoms with Gasteiger partial charge in [-0.1, -0.05) is 11.6 Å². The molecule has 88 valence electrons. The van der Waals surface area contributed by atoms with Gasteiger partial charge >= 0.3 is 0 Å². The third-order valence-corrected chi connectivity index (χ3v) is 3.18. The van der Waals surface area contributed by atoms with Crippen LogP contribution < -0.4 is 5.32 Å². The fourth-order valence-electron chi connectivity index (χ4n) is 1.11. The summed E-state index contributed by atoms with van der Waals surface area (Å²) in [6.45, 7) is 0. The maximum Gasteiger partial charge on any atom is 0.299 e. The Morgan fingerprint density at radius 3 is 2.94 bits per heavy atom. The van der Waals surface area contributed by atoms with E-state index in [0.717, 1.165) is 17.4 Å². The molecule has 0 spiro atoms. The summed E-state index contributed by atoms with van der Waals surface area (Å²) in [5.74, 6) is -0.466. The number of nitrogens with zero attached hydrogens (tertiary/aromatic N) is 2. The van der Waals surface area contributed by atoms with Crippen molar-refractivity contribution in [3.63, 3.8) is 0 Å². The highest BCUT2D eigenvalue weighted by Crippen LogP contribution is 2.33. The fraction of sp³-hybridized carbons (Fsp3) is 0. The Labute approximate surface area is 104 Å². The Morgan fingerprint density at radius 1 is 1.65 bits per heavy atom. The maximum absolute atomic E-state index is 11.7. The molecule has 0 bridgehead atoms. The lowest BCUT2D eigenvalue weighted by Gasteiger charge is -1.97. The van der Waals surface area contributed by atoms with Gasteiger partial charge in [0.15, 0.2) is 4.34 Å². The van der Waals surface area contributed by atoms with Crippen LogP contribution in [0.3, 0.4) is 0 Å². The molecule has 0 aliphatic carbocycles. The molecule has 0 unspecified atom stereocenters. The number of nitro groups is 1. The van der Waals surface area contributed by atoms with Crippen LogP contribution in [-0.4, -0.2) is 21.0 Å². The van der Waals surface area contributed by atoms with Crippen molar-refractivity contribution in [3.05, 3.63) is 37.8 Å². The van der Waals surface area contributed by atoms with Gasteiger partial charge in [0, 0.05) is 12.3 Å². The average Bonchev–Trinajstić information content (AvgIpc) is 2.86. The average molecular weight is 273 g/mol. The second kappa shape index (κ2) is 4.52. The lowest BCUT2D eigenvalue weighted by atomic mass is 10.4. The first-order valence-corrected chi connectivity index (χ1v) is 5.51. The van der Waals surface area contributed by atoms with Crippen LogP contribution in [0.15, 0.2) is 18.5 Å². The largest absolute Gasteiger partial charge is 0.319 e. The molecule has 1 amide bonds. The third kappa shape index (κ3) is 2.43. The number of aromatic amines is 1. The van der Waals surface area contributed by atoms with Gasteiger partial charge in [0.05, 0.1) is 16.8 Å². The van der Waals surface area contributed by atoms with Gasteiger partial charge in [0.25, 0.3) is 11.6 Å². The summed E-state index contributed by atoms with van der Waals surface area (Å²) >= 11 is 6.50. The van der Waals surface area contributed by atoms with Gasteiger partial charge in [-0.2, -0.15) is 5.10 Å². The first-order valence-electron chi connectivity index (χ1n) is 4.32. The summed E-state index contributed by atoms with van der Waals surface area (Å²) in [5.41, 5.74) is 0.205. The Balaban J connectivity index is 2.20. The van der Waals surface area contributed by atoms with Gasteiger partial charge in [0.1, 0.15) is 4.88 Å². The number of thiophene rings is 1. The van der Waals surface area contributed by atoms with E-state index in [-0.39, 0.29) is 14.9 Å². The van der Waals surface area contributed by atoms with E-state index in [9.17, 15) is 14.9 Å². The number of rotatable bonds is 3. The van der Waals surface area contributed by atoms with Gasteiger partial charge in [-0.3, -0.25) is 20.0 Å². The molecule has 0 saturated carbocycles. The van der Waals surface area contributed by atoms with E-state index in [0.29, 0.717) is 5.69 Å². The van der Waals surface area contributed by atoms with Gasteiger partial charge in [-0.15, -0.1) is 11.3 Å². The number of halogens is 1. The smallest absolute Gasteiger partial charge is 0.299 e. The molecule has 2 aromatic heterocycles. The minimum absolute atomic E-state index is 0.0210. The molecule has 9 heteroatoms. The minimum Gasteiger partial charge on any atom is -0.319 e. The third-order valence-electron chi connectivity index (χ3n) is 1.85. The Bertz CT molecular complexity index is 565. The zero-order valence-electron chi connectivity index (χ0n) is 8.14. The second-order valence-corrected chi connectivity index (χ2v) is 4.62. The molecule has 0 aliphatic rings. The molecule has 0 atom stereocenters. The quantitative estimate of drug-likeness (QED) is 0.661. The van der Waals surface area contributed by atoms with Crippen LogP contribution in [0.5, 0.6) is 0 Å². The van der Waals surface area contributed by atoms with Crippen molar-refractivity contribution in [2.45, 2.75) is 0 Å². The molecule has 2 aromatic rings. The molecule has 2 heterocycles. The molecule has 2 rings (SSSR count). The maximum atomic E-state index is 11.7. The van der Waals surface area contributed by atoms with Gasteiger partial charge in [-0.05, 0) is 0 Å². The Hall–Kier alpha value is -1.93. The van der Waals surface area contributed by atoms with E-state index >= 15 is 0 Å². The number of nitrogens with one attached hydrogen (secondary N) is 2. The van der Waals surface area contributed by atoms with Crippen LogP contribution in [0.1, 0.15) is 9.67 Å². The summed E-state index contributed by atoms with van der Waals surface area (Å²) < 4.78 is -0.0210. The molecule has 7 nitrogen and oxygen atoms in total. The Kier molecular flexibility index (Phi) is 3.07. The van der Waals surface area contributed by atoms with Crippen LogP contribution >= 0.6 is 22.9 Å². The summed E-state index contributed by atoms with van der Waals surface area (Å²) in [4.78, 5) is 21.8. The van der Waals surface area contributed by atoms with Crippen molar-refractivity contribution in [2.24, 2.45) is 0 Å².